The summed E-state index contributed by atoms with van der Waals surface area (Å²) in [7, 11) is 4.91. The largest absolute Gasteiger partial charge is 0.401 e. The van der Waals surface area contributed by atoms with E-state index in [2.05, 4.69) is 15.2 Å². The number of alkyl halides is 3. The van der Waals surface area contributed by atoms with E-state index in [1.165, 1.54) is 11.9 Å². The third-order valence-corrected chi connectivity index (χ3v) is 3.65. The van der Waals surface area contributed by atoms with Crippen molar-refractivity contribution < 1.29 is 17.9 Å². The van der Waals surface area contributed by atoms with Gasteiger partial charge in [-0.05, 0) is 26.4 Å². The quantitative estimate of drug-likeness (QED) is 0.278. The molecule has 1 aliphatic heterocycles. The van der Waals surface area contributed by atoms with Crippen LogP contribution in [0.3, 0.4) is 0 Å². The lowest BCUT2D eigenvalue weighted by Gasteiger charge is -2.22. The first-order valence-corrected chi connectivity index (χ1v) is 7.55. The van der Waals surface area contributed by atoms with E-state index >= 15 is 0 Å². The van der Waals surface area contributed by atoms with Crippen LogP contribution in [0.2, 0.25) is 0 Å². The number of hydrogen-bond donors (Lipinski definition) is 1. The zero-order chi connectivity index (χ0) is 16.6. The van der Waals surface area contributed by atoms with Gasteiger partial charge in [-0.15, -0.1) is 24.0 Å². The zero-order valence-corrected chi connectivity index (χ0v) is 16.4. The molecule has 1 unspecified atom stereocenters. The summed E-state index contributed by atoms with van der Waals surface area (Å²) in [6, 6.07) is 0. The lowest BCUT2D eigenvalue weighted by atomic mass is 10.1. The highest BCUT2D eigenvalue weighted by atomic mass is 127. The van der Waals surface area contributed by atoms with Gasteiger partial charge in [0.1, 0.15) is 0 Å². The lowest BCUT2D eigenvalue weighted by Crippen LogP contribution is -2.41. The van der Waals surface area contributed by atoms with Gasteiger partial charge in [-0.2, -0.15) is 13.2 Å². The Labute approximate surface area is 153 Å². The molecule has 5 nitrogen and oxygen atoms in total. The van der Waals surface area contributed by atoms with E-state index in [0.29, 0.717) is 25.4 Å². The minimum Gasteiger partial charge on any atom is -0.384 e. The van der Waals surface area contributed by atoms with Crippen LogP contribution in [-0.4, -0.2) is 82.5 Å². The maximum Gasteiger partial charge on any atom is 0.401 e. The van der Waals surface area contributed by atoms with E-state index in [-0.39, 0.29) is 24.0 Å². The van der Waals surface area contributed by atoms with Gasteiger partial charge in [-0.3, -0.25) is 9.89 Å². The monoisotopic (exact) mass is 452 g/mol. The van der Waals surface area contributed by atoms with Crippen LogP contribution >= 0.6 is 24.0 Å². The van der Waals surface area contributed by atoms with Crippen LogP contribution in [0.5, 0.6) is 0 Å². The Morgan fingerprint density at radius 1 is 1.43 bits per heavy atom. The predicted octanol–water partition coefficient (Wildman–Crippen LogP) is 2.03. The molecule has 0 aromatic rings. The summed E-state index contributed by atoms with van der Waals surface area (Å²) < 4.78 is 41.8. The van der Waals surface area contributed by atoms with Crippen LogP contribution in [0.4, 0.5) is 13.2 Å². The van der Waals surface area contributed by atoms with E-state index in [1.807, 2.05) is 0 Å². The maximum absolute atomic E-state index is 12.2. The Bertz CT molecular complexity index is 355. The molecule has 1 heterocycles. The number of halogens is 4. The number of methoxy groups -OCH3 is 1. The standard InChI is InChI=1S/C14H27F3N4O.HI/c1-18-13(21-8-5-12(9-21)10-22-3)19-6-4-7-20(2)11-14(15,16)17;/h12H,4-11H2,1-3H3,(H,18,19);1H. The summed E-state index contributed by atoms with van der Waals surface area (Å²) in [6.07, 6.45) is -2.42. The number of guanidine groups is 1. The number of rotatable bonds is 7. The van der Waals surface area contributed by atoms with Gasteiger partial charge in [0.05, 0.1) is 13.2 Å². The number of aliphatic imine (C=N–C) groups is 1. The van der Waals surface area contributed by atoms with Crippen molar-refractivity contribution in [3.63, 3.8) is 0 Å². The van der Waals surface area contributed by atoms with Crippen LogP contribution < -0.4 is 5.32 Å². The molecule has 1 aliphatic rings. The number of nitrogens with zero attached hydrogens (tertiary/aromatic N) is 3. The van der Waals surface area contributed by atoms with Crippen LogP contribution in [-0.2, 0) is 4.74 Å². The topological polar surface area (TPSA) is 40.1 Å². The summed E-state index contributed by atoms with van der Waals surface area (Å²) >= 11 is 0. The first-order chi connectivity index (χ1) is 10.4. The normalized spacial score (nSPS) is 19.2. The Morgan fingerprint density at radius 2 is 2.13 bits per heavy atom. The fourth-order valence-electron chi connectivity index (χ4n) is 2.66. The molecule has 0 spiro atoms. The molecule has 0 aromatic carbocycles. The van der Waals surface area contributed by atoms with Gasteiger partial charge in [-0.1, -0.05) is 0 Å². The van der Waals surface area contributed by atoms with E-state index in [1.54, 1.807) is 14.2 Å². The Hall–Kier alpha value is -0.290. The van der Waals surface area contributed by atoms with Crippen molar-refractivity contribution in [3.05, 3.63) is 0 Å². The Balaban J connectivity index is 0.00000484. The van der Waals surface area contributed by atoms with Gasteiger partial charge >= 0.3 is 6.18 Å². The molecule has 0 aliphatic carbocycles. The van der Waals surface area contributed by atoms with Gasteiger partial charge in [0.15, 0.2) is 5.96 Å². The molecule has 1 rings (SSSR count). The van der Waals surface area contributed by atoms with Gasteiger partial charge in [0.2, 0.25) is 0 Å². The second-order valence-electron chi connectivity index (χ2n) is 5.74. The molecule has 1 atom stereocenters. The van der Waals surface area contributed by atoms with Gasteiger partial charge in [-0.25, -0.2) is 0 Å². The fraction of sp³-hybridized carbons (Fsp3) is 0.929. The van der Waals surface area contributed by atoms with Crippen LogP contribution in [0, 0.1) is 5.92 Å². The van der Waals surface area contributed by atoms with Crippen molar-refractivity contribution in [1.29, 1.82) is 0 Å². The van der Waals surface area contributed by atoms with Crippen LogP contribution in [0.1, 0.15) is 12.8 Å². The first kappa shape index (κ1) is 22.7. The van der Waals surface area contributed by atoms with E-state index < -0.39 is 12.7 Å². The van der Waals surface area contributed by atoms with E-state index in [0.717, 1.165) is 32.1 Å². The molecule has 23 heavy (non-hydrogen) atoms. The maximum atomic E-state index is 12.2. The molecular formula is C14H28F3IN4O. The molecule has 1 saturated heterocycles. The van der Waals surface area contributed by atoms with Gasteiger partial charge in [0.25, 0.3) is 0 Å². The van der Waals surface area contributed by atoms with Crippen LogP contribution in [0.25, 0.3) is 0 Å². The SMILES string of the molecule is CN=C(NCCCN(C)CC(F)(F)F)N1CCC(COC)C1.I. The number of hydrogen-bond acceptors (Lipinski definition) is 3. The van der Waals surface area contributed by atoms with Gasteiger partial charge in [0, 0.05) is 39.7 Å². The minimum absolute atomic E-state index is 0. The summed E-state index contributed by atoms with van der Waals surface area (Å²) in [5.74, 6) is 1.33. The molecular weight excluding hydrogens is 424 g/mol. The van der Waals surface area contributed by atoms with E-state index in [9.17, 15) is 13.2 Å². The minimum atomic E-state index is -4.13. The number of nitrogens with one attached hydrogen (secondary N) is 1. The highest BCUT2D eigenvalue weighted by Crippen LogP contribution is 2.16. The fourth-order valence-corrected chi connectivity index (χ4v) is 2.66. The smallest absolute Gasteiger partial charge is 0.384 e. The number of ether oxygens (including phenoxy) is 1. The second kappa shape index (κ2) is 11.3. The molecule has 0 aromatic heterocycles. The average Bonchev–Trinajstić information content (AvgIpc) is 2.85. The van der Waals surface area contributed by atoms with Crippen molar-refractivity contribution in [2.45, 2.75) is 19.0 Å². The molecule has 0 amide bonds. The summed E-state index contributed by atoms with van der Waals surface area (Å²) in [6.45, 7) is 2.72. The van der Waals surface area contributed by atoms with Crippen molar-refractivity contribution in [2.75, 3.05) is 60.5 Å². The molecule has 138 valence electrons. The summed E-state index contributed by atoms with van der Waals surface area (Å²) in [5, 5.41) is 3.22. The lowest BCUT2D eigenvalue weighted by molar-refractivity contribution is -0.143. The van der Waals surface area contributed by atoms with Gasteiger partial charge < -0.3 is 15.0 Å². The predicted molar refractivity (Wildman–Crippen MR) is 96.5 cm³/mol. The third kappa shape index (κ3) is 9.55. The molecule has 0 saturated carbocycles. The third-order valence-electron chi connectivity index (χ3n) is 3.65. The highest BCUT2D eigenvalue weighted by molar-refractivity contribution is 14.0. The molecule has 9 heteroatoms. The molecule has 1 fully saturated rings. The van der Waals surface area contributed by atoms with Crippen molar-refractivity contribution in [3.8, 4) is 0 Å². The number of likely N-dealkylation sites (tertiary alicyclic amines) is 1. The van der Waals surface area contributed by atoms with Crippen LogP contribution in [0.15, 0.2) is 4.99 Å². The van der Waals surface area contributed by atoms with Crippen molar-refractivity contribution in [1.82, 2.24) is 15.1 Å². The highest BCUT2D eigenvalue weighted by Gasteiger charge is 2.29. The molecule has 0 radical (unpaired) electrons. The zero-order valence-electron chi connectivity index (χ0n) is 14.0. The van der Waals surface area contributed by atoms with E-state index in [4.69, 9.17) is 4.74 Å². The van der Waals surface area contributed by atoms with Crippen molar-refractivity contribution >= 4 is 29.9 Å². The summed E-state index contributed by atoms with van der Waals surface area (Å²) in [5.41, 5.74) is 0. The average molecular weight is 452 g/mol. The Morgan fingerprint density at radius 3 is 2.70 bits per heavy atom. The Kier molecular flexibility index (Phi) is 11.2. The molecule has 0 bridgehead atoms. The molecule has 1 N–H and O–H groups in total. The van der Waals surface area contributed by atoms with Crippen molar-refractivity contribution in [2.24, 2.45) is 10.9 Å². The summed E-state index contributed by atoms with van der Waals surface area (Å²) in [4.78, 5) is 7.69. The second-order valence-corrected chi connectivity index (χ2v) is 5.74. The first-order valence-electron chi connectivity index (χ1n) is 7.55.